The van der Waals surface area contributed by atoms with E-state index < -0.39 is 11.6 Å². The second-order valence-electron chi connectivity index (χ2n) is 6.27. The van der Waals surface area contributed by atoms with Crippen LogP contribution in [-0.4, -0.2) is 36.5 Å². The van der Waals surface area contributed by atoms with Crippen LogP contribution in [-0.2, 0) is 4.79 Å². The van der Waals surface area contributed by atoms with Gasteiger partial charge in [0.1, 0.15) is 11.6 Å². The number of anilines is 1. The monoisotopic (exact) mass is 333 g/mol. The topological polar surface area (TPSA) is 58.4 Å². The quantitative estimate of drug-likeness (QED) is 0.893. The average Bonchev–Trinajstić information content (AvgIpc) is 2.38. The highest BCUT2D eigenvalue weighted by Gasteiger charge is 2.33. The van der Waals surface area contributed by atoms with Crippen LogP contribution in [0.4, 0.5) is 14.5 Å². The molecule has 1 aromatic rings. The molecule has 1 heterocycles. The first-order valence-corrected chi connectivity index (χ1v) is 7.01. The summed E-state index contributed by atoms with van der Waals surface area (Å²) in [6.07, 6.45) is 0.814. The lowest BCUT2D eigenvalue weighted by Crippen LogP contribution is -2.53. The van der Waals surface area contributed by atoms with Gasteiger partial charge < -0.3 is 11.1 Å². The molecule has 1 saturated heterocycles. The lowest BCUT2D eigenvalue weighted by molar-refractivity contribution is -0.118. The Kier molecular flexibility index (Phi) is 6.28. The predicted octanol–water partition coefficient (Wildman–Crippen LogP) is 2.38. The van der Waals surface area contributed by atoms with Crippen LogP contribution in [0, 0.1) is 17.0 Å². The third-order valence-electron chi connectivity index (χ3n) is 3.96. The Hall–Kier alpha value is -1.24. The molecule has 0 aliphatic carbocycles. The number of halogens is 3. The van der Waals surface area contributed by atoms with Crippen LogP contribution in [0.1, 0.15) is 20.3 Å². The number of nitrogens with one attached hydrogen (secondary N) is 1. The molecule has 1 aliphatic heterocycles. The second-order valence-corrected chi connectivity index (χ2v) is 6.27. The summed E-state index contributed by atoms with van der Waals surface area (Å²) in [6.45, 7) is 5.70. The van der Waals surface area contributed by atoms with Gasteiger partial charge >= 0.3 is 0 Å². The Balaban J connectivity index is 0.00000242. The van der Waals surface area contributed by atoms with Crippen LogP contribution in [0.5, 0.6) is 0 Å². The van der Waals surface area contributed by atoms with Crippen molar-refractivity contribution in [2.45, 2.75) is 26.3 Å². The number of rotatable bonds is 3. The van der Waals surface area contributed by atoms with Gasteiger partial charge in [0.25, 0.3) is 0 Å². The van der Waals surface area contributed by atoms with Crippen LogP contribution in [0.2, 0.25) is 0 Å². The summed E-state index contributed by atoms with van der Waals surface area (Å²) >= 11 is 0. The summed E-state index contributed by atoms with van der Waals surface area (Å²) in [5.41, 5.74) is 5.85. The molecule has 1 amide bonds. The standard InChI is InChI=1S/C15H21F2N3O.ClH/c1-15(2)9-20(6-5-13(15)18)8-14(21)19-12-7-10(16)3-4-11(12)17;/h3-4,7,13H,5-6,8-9,18H2,1-2H3,(H,19,21);1H. The number of nitrogens with zero attached hydrogens (tertiary/aromatic N) is 1. The van der Waals surface area contributed by atoms with Crippen molar-refractivity contribution in [2.75, 3.05) is 25.0 Å². The zero-order chi connectivity index (χ0) is 15.6. The maximum Gasteiger partial charge on any atom is 0.238 e. The molecule has 0 aromatic heterocycles. The minimum Gasteiger partial charge on any atom is -0.327 e. The lowest BCUT2D eigenvalue weighted by Gasteiger charge is -2.42. The summed E-state index contributed by atoms with van der Waals surface area (Å²) in [6, 6.07) is 3.09. The maximum absolute atomic E-state index is 13.5. The molecule has 124 valence electrons. The lowest BCUT2D eigenvalue weighted by atomic mass is 9.80. The van der Waals surface area contributed by atoms with E-state index in [1.54, 1.807) is 0 Å². The van der Waals surface area contributed by atoms with Crippen molar-refractivity contribution >= 4 is 24.0 Å². The highest BCUT2D eigenvalue weighted by atomic mass is 35.5. The molecular formula is C15H22ClF2N3O. The van der Waals surface area contributed by atoms with Crippen LogP contribution < -0.4 is 11.1 Å². The van der Waals surface area contributed by atoms with Gasteiger partial charge in [0.15, 0.2) is 0 Å². The van der Waals surface area contributed by atoms with Gasteiger partial charge in [-0.05, 0) is 24.0 Å². The van der Waals surface area contributed by atoms with Crippen molar-refractivity contribution in [2.24, 2.45) is 11.1 Å². The molecule has 22 heavy (non-hydrogen) atoms. The van der Waals surface area contributed by atoms with Gasteiger partial charge in [-0.1, -0.05) is 13.8 Å². The Labute approximate surface area is 135 Å². The van der Waals surface area contributed by atoms with E-state index in [-0.39, 0.29) is 42.0 Å². The average molecular weight is 334 g/mol. The largest absolute Gasteiger partial charge is 0.327 e. The van der Waals surface area contributed by atoms with Crippen LogP contribution in [0.3, 0.4) is 0 Å². The first-order valence-electron chi connectivity index (χ1n) is 7.01. The van der Waals surface area contributed by atoms with Gasteiger partial charge in [0.05, 0.1) is 12.2 Å². The van der Waals surface area contributed by atoms with E-state index in [9.17, 15) is 13.6 Å². The Morgan fingerprint density at radius 1 is 1.45 bits per heavy atom. The van der Waals surface area contributed by atoms with Crippen LogP contribution in [0.25, 0.3) is 0 Å². The first-order chi connectivity index (χ1) is 9.78. The van der Waals surface area contributed by atoms with Crippen molar-refractivity contribution in [3.63, 3.8) is 0 Å². The van der Waals surface area contributed by atoms with E-state index in [1.807, 2.05) is 4.90 Å². The SMILES string of the molecule is CC1(C)CN(CC(=O)Nc2cc(F)ccc2F)CCC1N.Cl. The number of amides is 1. The molecule has 1 aliphatic rings. The molecule has 1 aromatic carbocycles. The molecule has 1 fully saturated rings. The van der Waals surface area contributed by atoms with Gasteiger partial charge in [-0.3, -0.25) is 9.69 Å². The zero-order valence-electron chi connectivity index (χ0n) is 12.7. The number of carbonyl (C=O) groups excluding carboxylic acids is 1. The third-order valence-corrected chi connectivity index (χ3v) is 3.96. The zero-order valence-corrected chi connectivity index (χ0v) is 13.6. The van der Waals surface area contributed by atoms with Crippen molar-refractivity contribution < 1.29 is 13.6 Å². The molecule has 0 bridgehead atoms. The number of benzene rings is 1. The van der Waals surface area contributed by atoms with E-state index >= 15 is 0 Å². The molecule has 0 spiro atoms. The number of carbonyl (C=O) groups is 1. The van der Waals surface area contributed by atoms with Gasteiger partial charge in [0, 0.05) is 25.2 Å². The fourth-order valence-electron chi connectivity index (χ4n) is 2.61. The number of nitrogens with two attached hydrogens (primary N) is 1. The molecule has 0 radical (unpaired) electrons. The van der Waals surface area contributed by atoms with Crippen molar-refractivity contribution in [3.05, 3.63) is 29.8 Å². The van der Waals surface area contributed by atoms with Gasteiger partial charge in [-0.25, -0.2) is 8.78 Å². The van der Waals surface area contributed by atoms with Gasteiger partial charge in [0.2, 0.25) is 5.91 Å². The fourth-order valence-corrected chi connectivity index (χ4v) is 2.61. The number of hydrogen-bond donors (Lipinski definition) is 2. The Morgan fingerprint density at radius 3 is 2.77 bits per heavy atom. The number of likely N-dealkylation sites (tertiary alicyclic amines) is 1. The van der Waals surface area contributed by atoms with E-state index in [0.29, 0.717) is 6.54 Å². The highest BCUT2D eigenvalue weighted by molar-refractivity contribution is 5.92. The van der Waals surface area contributed by atoms with Crippen LogP contribution >= 0.6 is 12.4 Å². The molecular weight excluding hydrogens is 312 g/mol. The van der Waals surface area contributed by atoms with E-state index in [0.717, 1.165) is 31.2 Å². The fraction of sp³-hybridized carbons (Fsp3) is 0.533. The summed E-state index contributed by atoms with van der Waals surface area (Å²) in [5, 5.41) is 2.41. The molecule has 0 saturated carbocycles. The minimum atomic E-state index is -0.647. The molecule has 4 nitrogen and oxygen atoms in total. The van der Waals surface area contributed by atoms with E-state index in [1.165, 1.54) is 0 Å². The molecule has 7 heteroatoms. The Morgan fingerprint density at radius 2 is 2.14 bits per heavy atom. The summed E-state index contributed by atoms with van der Waals surface area (Å²) in [7, 11) is 0. The summed E-state index contributed by atoms with van der Waals surface area (Å²) in [5.74, 6) is -1.59. The first kappa shape index (κ1) is 18.8. The highest BCUT2D eigenvalue weighted by Crippen LogP contribution is 2.27. The van der Waals surface area contributed by atoms with E-state index in [2.05, 4.69) is 19.2 Å². The normalized spacial score (nSPS) is 21.0. The van der Waals surface area contributed by atoms with Crippen molar-refractivity contribution in [1.29, 1.82) is 0 Å². The molecule has 1 atom stereocenters. The second kappa shape index (κ2) is 7.35. The van der Waals surface area contributed by atoms with E-state index in [4.69, 9.17) is 5.73 Å². The number of piperidine rings is 1. The summed E-state index contributed by atoms with van der Waals surface area (Å²) in [4.78, 5) is 13.9. The number of hydrogen-bond acceptors (Lipinski definition) is 3. The summed E-state index contributed by atoms with van der Waals surface area (Å²) < 4.78 is 26.5. The molecule has 1 unspecified atom stereocenters. The molecule has 3 N–H and O–H groups in total. The predicted molar refractivity (Wildman–Crippen MR) is 85.0 cm³/mol. The smallest absolute Gasteiger partial charge is 0.238 e. The maximum atomic E-state index is 13.5. The molecule has 2 rings (SSSR count). The Bertz CT molecular complexity index is 540. The van der Waals surface area contributed by atoms with Crippen molar-refractivity contribution in [1.82, 2.24) is 4.90 Å². The van der Waals surface area contributed by atoms with Gasteiger partial charge in [-0.2, -0.15) is 0 Å². The van der Waals surface area contributed by atoms with Crippen molar-refractivity contribution in [3.8, 4) is 0 Å². The third kappa shape index (κ3) is 4.63. The van der Waals surface area contributed by atoms with Crippen LogP contribution in [0.15, 0.2) is 18.2 Å². The van der Waals surface area contributed by atoms with Gasteiger partial charge in [-0.15, -0.1) is 12.4 Å². The minimum absolute atomic E-state index is 0.